The molecule has 3 rings (SSSR count). The van der Waals surface area contributed by atoms with E-state index in [9.17, 15) is 4.79 Å². The van der Waals surface area contributed by atoms with Crippen LogP contribution in [0.5, 0.6) is 0 Å². The highest BCUT2D eigenvalue weighted by Crippen LogP contribution is 2.25. The molecule has 1 aromatic carbocycles. The molecule has 0 radical (unpaired) electrons. The summed E-state index contributed by atoms with van der Waals surface area (Å²) in [6.45, 7) is 4.62. The number of rotatable bonds is 6. The first-order valence-electron chi connectivity index (χ1n) is 8.33. The van der Waals surface area contributed by atoms with Gasteiger partial charge in [-0.15, -0.1) is 0 Å². The van der Waals surface area contributed by atoms with Crippen molar-refractivity contribution < 1.29 is 14.3 Å². The number of benzene rings is 1. The molecular formula is C20H22N2O3. The van der Waals surface area contributed by atoms with Gasteiger partial charge in [-0.3, -0.25) is 4.79 Å². The van der Waals surface area contributed by atoms with Crippen LogP contribution in [0.3, 0.4) is 0 Å². The molecule has 0 aliphatic carbocycles. The highest BCUT2D eigenvalue weighted by atomic mass is 16.3. The third kappa shape index (κ3) is 3.88. The van der Waals surface area contributed by atoms with Gasteiger partial charge in [-0.25, -0.2) is 4.98 Å². The molecule has 2 aromatic heterocycles. The predicted molar refractivity (Wildman–Crippen MR) is 97.3 cm³/mol. The molecular weight excluding hydrogens is 316 g/mol. The minimum atomic E-state index is -0.170. The Kier molecular flexibility index (Phi) is 4.86. The van der Waals surface area contributed by atoms with E-state index in [0.29, 0.717) is 30.0 Å². The first-order chi connectivity index (χ1) is 12.0. The molecule has 0 saturated heterocycles. The molecule has 0 atom stereocenters. The molecule has 0 aliphatic heterocycles. The van der Waals surface area contributed by atoms with Crippen LogP contribution in [0, 0.1) is 5.41 Å². The summed E-state index contributed by atoms with van der Waals surface area (Å²) in [4.78, 5) is 17.4. The number of nitrogens with zero attached hydrogens (tertiary/aromatic N) is 1. The molecule has 1 amide bonds. The number of hydrogen-bond acceptors (Lipinski definition) is 4. The Balaban J connectivity index is 1.95. The highest BCUT2D eigenvalue weighted by Gasteiger charge is 2.20. The number of para-hydroxylation sites is 1. The lowest BCUT2D eigenvalue weighted by molar-refractivity contribution is 0.0930. The van der Waals surface area contributed by atoms with E-state index < -0.39 is 0 Å². The molecule has 0 spiro atoms. The smallest absolute Gasteiger partial charge is 0.252 e. The monoisotopic (exact) mass is 338 g/mol. The number of aromatic nitrogens is 1. The van der Waals surface area contributed by atoms with Gasteiger partial charge in [0.25, 0.3) is 5.91 Å². The summed E-state index contributed by atoms with van der Waals surface area (Å²) in [5, 5.41) is 12.9. The Morgan fingerprint density at radius 3 is 2.76 bits per heavy atom. The van der Waals surface area contributed by atoms with E-state index in [1.807, 2.05) is 44.2 Å². The van der Waals surface area contributed by atoms with E-state index in [1.165, 1.54) is 0 Å². The zero-order chi connectivity index (χ0) is 17.9. The number of carbonyl (C=O) groups is 1. The number of hydrogen-bond donors (Lipinski definition) is 2. The van der Waals surface area contributed by atoms with Gasteiger partial charge in [0.2, 0.25) is 0 Å². The average Bonchev–Trinajstić information content (AvgIpc) is 3.13. The first-order valence-corrected chi connectivity index (χ1v) is 8.33. The van der Waals surface area contributed by atoms with Crippen molar-refractivity contribution in [3.63, 3.8) is 0 Å². The van der Waals surface area contributed by atoms with Gasteiger partial charge in [0.05, 0.1) is 17.3 Å². The van der Waals surface area contributed by atoms with Gasteiger partial charge in [-0.1, -0.05) is 32.0 Å². The molecule has 5 nitrogen and oxygen atoms in total. The van der Waals surface area contributed by atoms with Gasteiger partial charge in [0.1, 0.15) is 5.69 Å². The van der Waals surface area contributed by atoms with Crippen LogP contribution in [0.15, 0.2) is 53.1 Å². The van der Waals surface area contributed by atoms with Crippen LogP contribution >= 0.6 is 0 Å². The molecule has 5 heteroatoms. The summed E-state index contributed by atoms with van der Waals surface area (Å²) in [5.74, 6) is 0.470. The number of aliphatic hydroxyl groups is 1. The van der Waals surface area contributed by atoms with Crippen LogP contribution in [0.4, 0.5) is 0 Å². The van der Waals surface area contributed by atoms with Crippen LogP contribution in [0.2, 0.25) is 0 Å². The largest absolute Gasteiger partial charge is 0.463 e. The summed E-state index contributed by atoms with van der Waals surface area (Å²) < 4.78 is 5.43. The Morgan fingerprint density at radius 1 is 1.24 bits per heavy atom. The number of pyridine rings is 1. The molecule has 130 valence electrons. The minimum Gasteiger partial charge on any atom is -0.463 e. The summed E-state index contributed by atoms with van der Waals surface area (Å²) >= 11 is 0. The third-order valence-corrected chi connectivity index (χ3v) is 4.25. The van der Waals surface area contributed by atoms with Gasteiger partial charge >= 0.3 is 0 Å². The minimum absolute atomic E-state index is 0.101. The van der Waals surface area contributed by atoms with Crippen molar-refractivity contribution in [2.45, 2.75) is 20.3 Å². The van der Waals surface area contributed by atoms with E-state index in [4.69, 9.17) is 9.52 Å². The Labute approximate surface area is 146 Å². The lowest BCUT2D eigenvalue weighted by Gasteiger charge is -2.24. The number of furan rings is 1. The summed E-state index contributed by atoms with van der Waals surface area (Å²) in [7, 11) is 0. The second-order valence-corrected chi connectivity index (χ2v) is 6.87. The predicted octanol–water partition coefficient (Wildman–Crippen LogP) is 3.63. The van der Waals surface area contributed by atoms with Crippen molar-refractivity contribution >= 4 is 16.8 Å². The van der Waals surface area contributed by atoms with Crippen molar-refractivity contribution in [1.29, 1.82) is 0 Å². The SMILES string of the molecule is CC(C)(CCO)CNC(=O)c1cc(-c2ccco2)nc2ccccc12. The normalized spacial score (nSPS) is 11.6. The number of nitrogens with one attached hydrogen (secondary N) is 1. The maximum absolute atomic E-state index is 12.8. The zero-order valence-corrected chi connectivity index (χ0v) is 14.5. The second kappa shape index (κ2) is 7.07. The van der Waals surface area contributed by atoms with Crippen molar-refractivity contribution in [2.24, 2.45) is 5.41 Å². The standard InChI is InChI=1S/C20H22N2O3/c1-20(2,9-10-23)13-21-19(24)15-12-17(18-8-5-11-25-18)22-16-7-4-3-6-14(15)16/h3-8,11-12,23H,9-10,13H2,1-2H3,(H,21,24). The highest BCUT2D eigenvalue weighted by molar-refractivity contribution is 6.07. The first kappa shape index (κ1) is 17.2. The molecule has 0 bridgehead atoms. The van der Waals surface area contributed by atoms with E-state index >= 15 is 0 Å². The summed E-state index contributed by atoms with van der Waals surface area (Å²) in [5.41, 5.74) is 1.77. The fourth-order valence-corrected chi connectivity index (χ4v) is 2.72. The number of aliphatic hydroxyl groups excluding tert-OH is 1. The van der Waals surface area contributed by atoms with E-state index in [0.717, 1.165) is 10.9 Å². The van der Waals surface area contributed by atoms with Crippen LogP contribution < -0.4 is 5.32 Å². The molecule has 0 aliphatic rings. The molecule has 0 unspecified atom stereocenters. The van der Waals surface area contributed by atoms with Crippen molar-refractivity contribution in [2.75, 3.05) is 13.2 Å². The van der Waals surface area contributed by atoms with Crippen LogP contribution in [0.1, 0.15) is 30.6 Å². The molecule has 3 aromatic rings. The van der Waals surface area contributed by atoms with Gasteiger partial charge in [0.15, 0.2) is 5.76 Å². The van der Waals surface area contributed by atoms with E-state index in [2.05, 4.69) is 10.3 Å². The third-order valence-electron chi connectivity index (χ3n) is 4.25. The molecule has 0 fully saturated rings. The maximum atomic E-state index is 12.8. The van der Waals surface area contributed by atoms with Crippen LogP contribution in [-0.2, 0) is 0 Å². The second-order valence-electron chi connectivity index (χ2n) is 6.87. The number of amides is 1. The van der Waals surface area contributed by atoms with Gasteiger partial charge in [-0.05, 0) is 36.1 Å². The fraction of sp³-hybridized carbons (Fsp3) is 0.300. The van der Waals surface area contributed by atoms with E-state index in [1.54, 1.807) is 18.4 Å². The quantitative estimate of drug-likeness (QED) is 0.719. The summed E-state index contributed by atoms with van der Waals surface area (Å²) in [6.07, 6.45) is 2.21. The van der Waals surface area contributed by atoms with E-state index in [-0.39, 0.29) is 17.9 Å². The van der Waals surface area contributed by atoms with Crippen LogP contribution in [-0.4, -0.2) is 29.1 Å². The zero-order valence-electron chi connectivity index (χ0n) is 14.5. The molecule has 2 heterocycles. The van der Waals surface area contributed by atoms with Gasteiger partial charge in [0, 0.05) is 18.5 Å². The molecule has 2 N–H and O–H groups in total. The van der Waals surface area contributed by atoms with Gasteiger partial charge < -0.3 is 14.8 Å². The summed E-state index contributed by atoms with van der Waals surface area (Å²) in [6, 6.07) is 12.9. The molecule has 0 saturated carbocycles. The number of carbonyl (C=O) groups excluding carboxylic acids is 1. The Morgan fingerprint density at radius 2 is 2.04 bits per heavy atom. The van der Waals surface area contributed by atoms with Crippen molar-refractivity contribution in [3.8, 4) is 11.5 Å². The lowest BCUT2D eigenvalue weighted by atomic mass is 9.89. The number of fused-ring (bicyclic) bond motifs is 1. The maximum Gasteiger partial charge on any atom is 0.252 e. The van der Waals surface area contributed by atoms with Crippen molar-refractivity contribution in [1.82, 2.24) is 10.3 Å². The topological polar surface area (TPSA) is 75.4 Å². The fourth-order valence-electron chi connectivity index (χ4n) is 2.72. The van der Waals surface area contributed by atoms with Gasteiger partial charge in [-0.2, -0.15) is 0 Å². The average molecular weight is 338 g/mol. The Hall–Kier alpha value is -2.66. The Bertz CT molecular complexity index is 870. The van der Waals surface area contributed by atoms with Crippen molar-refractivity contribution in [3.05, 3.63) is 54.3 Å². The van der Waals surface area contributed by atoms with Crippen LogP contribution in [0.25, 0.3) is 22.4 Å². The molecule has 25 heavy (non-hydrogen) atoms. The lowest BCUT2D eigenvalue weighted by Crippen LogP contribution is -2.34.